The molecular formula is C31H28Cl2OTi. The first kappa shape index (κ1) is 27.5. The Kier molecular flexibility index (Phi) is 9.58. The second-order valence-electron chi connectivity index (χ2n) is 8.82. The number of hydrogen-bond acceptors (Lipinski definition) is 1. The van der Waals surface area contributed by atoms with Gasteiger partial charge in [0.25, 0.3) is 0 Å². The van der Waals surface area contributed by atoms with Crippen molar-refractivity contribution >= 4 is 20.2 Å². The molecule has 0 aromatic heterocycles. The molecule has 5 rings (SSSR count). The zero-order valence-corrected chi connectivity index (χ0v) is 23.3. The average Bonchev–Trinajstić information content (AvgIpc) is 3.12. The van der Waals surface area contributed by atoms with E-state index in [2.05, 4.69) is 118 Å². The second kappa shape index (κ2) is 12.2. The fraction of sp³-hybridized carbons (Fsp3) is 0.161. The van der Waals surface area contributed by atoms with Crippen LogP contribution < -0.4 is 28.7 Å². The van der Waals surface area contributed by atoms with Gasteiger partial charge in [-0.25, -0.2) is 0 Å². The maximum absolute atomic E-state index is 6.89. The van der Waals surface area contributed by atoms with Crippen LogP contribution in [0.15, 0.2) is 114 Å². The van der Waals surface area contributed by atoms with Crippen molar-refractivity contribution in [2.75, 3.05) is 0 Å². The molecule has 176 valence electrons. The van der Waals surface area contributed by atoms with Gasteiger partial charge in [-0.3, -0.25) is 0 Å². The van der Waals surface area contributed by atoms with Crippen molar-refractivity contribution in [3.63, 3.8) is 0 Å². The van der Waals surface area contributed by atoms with Crippen LogP contribution in [0.4, 0.5) is 0 Å². The minimum Gasteiger partial charge on any atom is -1.00 e. The fourth-order valence-electron chi connectivity index (χ4n) is 4.71. The largest absolute Gasteiger partial charge is 1.00 e. The van der Waals surface area contributed by atoms with E-state index in [0.29, 0.717) is 0 Å². The van der Waals surface area contributed by atoms with E-state index in [1.54, 1.807) is 0 Å². The molecule has 0 bridgehead atoms. The average molecular weight is 535 g/mol. The van der Waals surface area contributed by atoms with E-state index in [1.807, 2.05) is 0 Å². The maximum atomic E-state index is 6.89. The van der Waals surface area contributed by atoms with Gasteiger partial charge in [0, 0.05) is 0 Å². The molecule has 35 heavy (non-hydrogen) atoms. The molecule has 1 aliphatic carbocycles. The first-order chi connectivity index (χ1) is 16.1. The number of rotatable bonds is 6. The van der Waals surface area contributed by atoms with Crippen LogP contribution in [0.5, 0.6) is 0 Å². The molecule has 0 fully saturated rings. The number of fused-ring (bicyclic) bond motifs is 1. The molecule has 4 heteroatoms. The quantitative estimate of drug-likeness (QED) is 0.343. The van der Waals surface area contributed by atoms with E-state index in [1.165, 1.54) is 53.6 Å². The first-order valence-corrected chi connectivity index (χ1v) is 13.0. The molecule has 0 unspecified atom stereocenters. The van der Waals surface area contributed by atoms with Crippen molar-refractivity contribution in [1.29, 1.82) is 0 Å². The molecule has 4 aromatic rings. The topological polar surface area (TPSA) is 9.23 Å². The van der Waals surface area contributed by atoms with E-state index in [0.717, 1.165) is 6.42 Å². The van der Waals surface area contributed by atoms with Crippen molar-refractivity contribution < 1.29 is 47.7 Å². The summed E-state index contributed by atoms with van der Waals surface area (Å²) in [6, 6.07) is 34.6. The number of benzene rings is 4. The van der Waals surface area contributed by atoms with Crippen molar-refractivity contribution in [2.24, 2.45) is 0 Å². The number of allylic oxidation sites excluding steroid dienone is 4. The van der Waals surface area contributed by atoms with E-state index in [9.17, 15) is 0 Å². The Hall–Kier alpha value is -2.13. The molecular weight excluding hydrogens is 507 g/mol. The molecule has 0 atom stereocenters. The summed E-state index contributed by atoms with van der Waals surface area (Å²) < 4.78 is 8.29. The second-order valence-corrected chi connectivity index (χ2v) is 10.3. The molecule has 4 aromatic carbocycles. The zero-order chi connectivity index (χ0) is 22.8. The zero-order valence-electron chi connectivity index (χ0n) is 20.2. The Morgan fingerprint density at radius 2 is 1.23 bits per heavy atom. The van der Waals surface area contributed by atoms with Crippen LogP contribution in [0.3, 0.4) is 0 Å². The standard InChI is InChI=1S/C18H17.C13H11O.2ClH.Ti/c1-12-10-18(14(3)13(12)2)17-9-8-15-6-4-5-7-16(15)11-17;14-13(11-7-3-1-4-8-11)12-9-5-2-6-10-12;;;/h4-9H,10H2,1-3H3;1-10,13H;2*1H;/q;-1;;;+3/p-2. The van der Waals surface area contributed by atoms with Crippen LogP contribution in [-0.2, 0) is 22.9 Å². The van der Waals surface area contributed by atoms with E-state index < -0.39 is 19.5 Å². The predicted molar refractivity (Wildman–Crippen MR) is 135 cm³/mol. The van der Waals surface area contributed by atoms with Gasteiger partial charge in [-0.05, 0) is 0 Å². The van der Waals surface area contributed by atoms with E-state index in [4.69, 9.17) is 3.32 Å². The van der Waals surface area contributed by atoms with Crippen molar-refractivity contribution in [3.05, 3.63) is 130 Å². The Morgan fingerprint density at radius 3 is 1.80 bits per heavy atom. The van der Waals surface area contributed by atoms with Crippen LogP contribution >= 0.6 is 0 Å². The third-order valence-corrected chi connectivity index (χ3v) is 8.55. The SMILES string of the molecule is CC1=C(C)C(C)=C(c2ccc3ccccc3[c]2[Ti+2][O]C(c2ccccc2)c2ccccc2)C1.[Cl-].[Cl-]. The summed E-state index contributed by atoms with van der Waals surface area (Å²) in [6.07, 6.45) is 0.982. The summed E-state index contributed by atoms with van der Waals surface area (Å²) in [5.41, 5.74) is 9.61. The van der Waals surface area contributed by atoms with Crippen molar-refractivity contribution in [1.82, 2.24) is 0 Å². The third kappa shape index (κ3) is 5.66. The Morgan fingerprint density at radius 1 is 0.657 bits per heavy atom. The molecule has 0 saturated carbocycles. The predicted octanol–water partition coefficient (Wildman–Crippen LogP) is 1.79. The fourth-order valence-corrected chi connectivity index (χ4v) is 6.57. The molecule has 0 saturated heterocycles. The molecule has 0 heterocycles. The van der Waals surface area contributed by atoms with Gasteiger partial charge in [0.2, 0.25) is 0 Å². The number of halogens is 2. The van der Waals surface area contributed by atoms with Crippen molar-refractivity contribution in [3.8, 4) is 0 Å². The van der Waals surface area contributed by atoms with Gasteiger partial charge in [-0.1, -0.05) is 0 Å². The summed E-state index contributed by atoms with van der Waals surface area (Å²) in [5, 5.41) is 2.62. The Bertz CT molecular complexity index is 1320. The van der Waals surface area contributed by atoms with Gasteiger partial charge in [0.1, 0.15) is 0 Å². The minimum atomic E-state index is -0.881. The summed E-state index contributed by atoms with van der Waals surface area (Å²) in [7, 11) is 0. The normalized spacial score (nSPS) is 13.0. The maximum Gasteiger partial charge on any atom is -1.00 e. The molecule has 0 N–H and O–H groups in total. The van der Waals surface area contributed by atoms with Gasteiger partial charge in [-0.2, -0.15) is 0 Å². The van der Waals surface area contributed by atoms with Crippen LogP contribution in [0, 0.1) is 0 Å². The third-order valence-electron chi connectivity index (χ3n) is 6.83. The summed E-state index contributed by atoms with van der Waals surface area (Å²) in [4.78, 5) is 0. The van der Waals surface area contributed by atoms with Gasteiger partial charge < -0.3 is 24.8 Å². The molecule has 0 aliphatic heterocycles. The summed E-state index contributed by atoms with van der Waals surface area (Å²) in [6.45, 7) is 6.80. The summed E-state index contributed by atoms with van der Waals surface area (Å²) >= 11 is -0.881. The molecule has 0 radical (unpaired) electrons. The van der Waals surface area contributed by atoms with Gasteiger partial charge in [0.15, 0.2) is 0 Å². The molecule has 0 amide bonds. The van der Waals surface area contributed by atoms with E-state index in [-0.39, 0.29) is 30.9 Å². The van der Waals surface area contributed by atoms with Gasteiger partial charge in [-0.15, -0.1) is 0 Å². The monoisotopic (exact) mass is 534 g/mol. The van der Waals surface area contributed by atoms with Crippen LogP contribution in [0.25, 0.3) is 16.3 Å². The number of hydrogen-bond donors (Lipinski definition) is 0. The van der Waals surface area contributed by atoms with E-state index >= 15 is 0 Å². The Labute approximate surface area is 230 Å². The smallest absolute Gasteiger partial charge is 1.00 e. The Balaban J connectivity index is 0.00000171. The van der Waals surface area contributed by atoms with Crippen LogP contribution in [0.1, 0.15) is 50.0 Å². The van der Waals surface area contributed by atoms with Crippen LogP contribution in [-0.4, -0.2) is 0 Å². The van der Waals surface area contributed by atoms with Gasteiger partial charge in [0.05, 0.1) is 0 Å². The molecule has 0 spiro atoms. The van der Waals surface area contributed by atoms with Crippen LogP contribution in [0.2, 0.25) is 0 Å². The first-order valence-electron chi connectivity index (χ1n) is 11.5. The molecule has 1 nitrogen and oxygen atoms in total. The minimum absolute atomic E-state index is 0. The van der Waals surface area contributed by atoms with Gasteiger partial charge >= 0.3 is 207 Å². The van der Waals surface area contributed by atoms with Crippen molar-refractivity contribution in [2.45, 2.75) is 33.3 Å². The molecule has 1 aliphatic rings. The summed E-state index contributed by atoms with van der Waals surface area (Å²) in [5.74, 6) is 0.